The van der Waals surface area contributed by atoms with Crippen LogP contribution in [0.15, 0.2) is 24.3 Å². The number of hydrogen-bond acceptors (Lipinski definition) is 13. The lowest BCUT2D eigenvalue weighted by atomic mass is 10.2. The summed E-state index contributed by atoms with van der Waals surface area (Å²) in [6.45, 7) is 0. The van der Waals surface area contributed by atoms with Crippen molar-refractivity contribution in [1.82, 2.24) is 0 Å². The first kappa shape index (κ1) is 21.9. The second-order valence-electron chi connectivity index (χ2n) is 5.27. The van der Waals surface area contributed by atoms with E-state index in [0.29, 0.717) is 0 Å². The number of non-ortho nitro benzene ring substituents is 2. The molecule has 19 heteroatoms. The molecule has 0 radical (unpaired) electrons. The van der Waals surface area contributed by atoms with Crippen LogP contribution in [0.25, 0.3) is 0 Å². The van der Waals surface area contributed by atoms with Gasteiger partial charge in [0.05, 0.1) is 53.8 Å². The van der Waals surface area contributed by atoms with Gasteiger partial charge in [0.2, 0.25) is 0 Å². The second-order valence-corrected chi connectivity index (χ2v) is 5.27. The minimum Gasteiger partial charge on any atom is -0.430 e. The number of nitro benzene ring substituents is 6. The van der Waals surface area contributed by atoms with E-state index in [1.807, 2.05) is 0 Å². The third-order valence-corrected chi connectivity index (χ3v) is 3.48. The molecule has 0 N–H and O–H groups in total. The summed E-state index contributed by atoms with van der Waals surface area (Å²) in [5.74, 6) is -2.80. The third kappa shape index (κ3) is 4.23. The van der Waals surface area contributed by atoms with E-state index in [0.717, 1.165) is 0 Å². The fourth-order valence-corrected chi connectivity index (χ4v) is 2.23. The highest BCUT2D eigenvalue weighted by molar-refractivity contribution is 5.71. The average molecular weight is 440 g/mol. The van der Waals surface area contributed by atoms with Gasteiger partial charge in [-0.05, 0) is 0 Å². The van der Waals surface area contributed by atoms with E-state index >= 15 is 0 Å². The van der Waals surface area contributed by atoms with Crippen molar-refractivity contribution in [3.05, 3.63) is 85.0 Å². The molecule has 2 aromatic rings. The van der Waals surface area contributed by atoms with E-state index in [9.17, 15) is 60.7 Å². The zero-order valence-corrected chi connectivity index (χ0v) is 14.3. The fraction of sp³-hybridized carbons (Fsp3) is 0. The zero-order valence-electron chi connectivity index (χ0n) is 14.3. The van der Waals surface area contributed by atoms with Crippen LogP contribution in [0.1, 0.15) is 0 Å². The normalized spacial score (nSPS) is 10.2. The standard InChI is InChI=1S/C12H4N6O13/c19-13(20)5-1-7(15(23)24)11(8(2-5)16(25)26)31-12-9(17(27)28)3-6(14(21)22)4-10(12)18(29)30/h1-4H. The molecule has 19 nitrogen and oxygen atoms in total. The van der Waals surface area contributed by atoms with Crippen LogP contribution < -0.4 is 4.74 Å². The summed E-state index contributed by atoms with van der Waals surface area (Å²) >= 11 is 0. The van der Waals surface area contributed by atoms with E-state index < -0.39 is 75.2 Å². The Kier molecular flexibility index (Phi) is 5.62. The Morgan fingerprint density at radius 2 is 0.677 bits per heavy atom. The van der Waals surface area contributed by atoms with Crippen LogP contribution >= 0.6 is 0 Å². The predicted octanol–water partition coefficient (Wildman–Crippen LogP) is 2.93. The topological polar surface area (TPSA) is 268 Å². The summed E-state index contributed by atoms with van der Waals surface area (Å²) < 4.78 is 4.81. The smallest absolute Gasteiger partial charge is 0.325 e. The van der Waals surface area contributed by atoms with Gasteiger partial charge in [-0.2, -0.15) is 0 Å². The maximum atomic E-state index is 11.3. The highest BCUT2D eigenvalue weighted by Crippen LogP contribution is 2.48. The monoisotopic (exact) mass is 440 g/mol. The molecule has 160 valence electrons. The lowest BCUT2D eigenvalue weighted by Crippen LogP contribution is -2.04. The average Bonchev–Trinajstić information content (AvgIpc) is 2.66. The van der Waals surface area contributed by atoms with Gasteiger partial charge in [0, 0.05) is 0 Å². The molecule has 0 saturated carbocycles. The quantitative estimate of drug-likeness (QED) is 0.422. The number of benzene rings is 2. The summed E-state index contributed by atoms with van der Waals surface area (Å²) in [7, 11) is 0. The van der Waals surface area contributed by atoms with Crippen LogP contribution in [0.3, 0.4) is 0 Å². The molecule has 0 unspecified atom stereocenters. The first-order valence-corrected chi connectivity index (χ1v) is 7.25. The van der Waals surface area contributed by atoms with Gasteiger partial charge in [-0.15, -0.1) is 0 Å². The van der Waals surface area contributed by atoms with Gasteiger partial charge >= 0.3 is 22.7 Å². The second kappa shape index (κ2) is 7.94. The van der Waals surface area contributed by atoms with Gasteiger partial charge in [0.15, 0.2) is 0 Å². The van der Waals surface area contributed by atoms with Crippen molar-refractivity contribution >= 4 is 34.1 Å². The van der Waals surface area contributed by atoms with Crippen LogP contribution in [-0.4, -0.2) is 29.5 Å². The number of rotatable bonds is 8. The minimum atomic E-state index is -1.41. The van der Waals surface area contributed by atoms with Gasteiger partial charge in [-0.25, -0.2) is 0 Å². The van der Waals surface area contributed by atoms with E-state index in [1.54, 1.807) is 0 Å². The van der Waals surface area contributed by atoms with Crippen molar-refractivity contribution < 1.29 is 34.3 Å². The highest BCUT2D eigenvalue weighted by atomic mass is 16.7. The van der Waals surface area contributed by atoms with Gasteiger partial charge in [0.1, 0.15) is 0 Å². The van der Waals surface area contributed by atoms with Gasteiger partial charge < -0.3 is 4.74 Å². The molecule has 0 aliphatic heterocycles. The van der Waals surface area contributed by atoms with Crippen LogP contribution in [-0.2, 0) is 0 Å². The molecule has 0 saturated heterocycles. The summed E-state index contributed by atoms with van der Waals surface area (Å²) in [6.07, 6.45) is 0. The maximum Gasteiger partial charge on any atom is 0.325 e. The molecule has 0 aliphatic carbocycles. The third-order valence-electron chi connectivity index (χ3n) is 3.48. The Balaban J connectivity index is 2.93. The van der Waals surface area contributed by atoms with Crippen molar-refractivity contribution in [2.75, 3.05) is 0 Å². The number of ether oxygens (including phenoxy) is 1. The molecule has 2 aromatic carbocycles. The molecule has 0 bridgehead atoms. The molecular formula is C12H4N6O13. The Morgan fingerprint density at radius 3 is 0.839 bits per heavy atom. The lowest BCUT2D eigenvalue weighted by Gasteiger charge is -2.08. The Labute approximate surface area is 166 Å². The summed E-state index contributed by atoms with van der Waals surface area (Å²) in [5, 5.41) is 66.8. The van der Waals surface area contributed by atoms with Gasteiger partial charge in [-0.1, -0.05) is 0 Å². The predicted molar refractivity (Wildman–Crippen MR) is 92.9 cm³/mol. The Morgan fingerprint density at radius 1 is 0.452 bits per heavy atom. The molecule has 0 fully saturated rings. The highest BCUT2D eigenvalue weighted by Gasteiger charge is 2.38. The van der Waals surface area contributed by atoms with Crippen LogP contribution in [0.4, 0.5) is 34.1 Å². The SMILES string of the molecule is O=[N+]([O-])c1cc([N+](=O)[O-])c(Oc2c([N+](=O)[O-])cc([N+](=O)[O-])cc2[N+](=O)[O-])c([N+](=O)[O-])c1. The largest absolute Gasteiger partial charge is 0.430 e. The molecule has 0 aliphatic rings. The van der Waals surface area contributed by atoms with Crippen molar-refractivity contribution in [2.24, 2.45) is 0 Å². The summed E-state index contributed by atoms with van der Waals surface area (Å²) in [5.41, 5.74) is -7.88. The van der Waals surface area contributed by atoms with Crippen LogP contribution in [0.5, 0.6) is 11.5 Å². The van der Waals surface area contributed by atoms with E-state index in [-0.39, 0.29) is 24.3 Å². The van der Waals surface area contributed by atoms with Crippen molar-refractivity contribution in [1.29, 1.82) is 0 Å². The summed E-state index contributed by atoms with van der Waals surface area (Å²) in [6, 6.07) is 0.910. The Bertz CT molecular complexity index is 1030. The molecule has 31 heavy (non-hydrogen) atoms. The van der Waals surface area contributed by atoms with Crippen molar-refractivity contribution in [3.8, 4) is 11.5 Å². The van der Waals surface area contributed by atoms with Crippen LogP contribution in [0.2, 0.25) is 0 Å². The molecule has 0 atom stereocenters. The van der Waals surface area contributed by atoms with Crippen molar-refractivity contribution in [3.63, 3.8) is 0 Å². The molecular weight excluding hydrogens is 436 g/mol. The Hall–Kier alpha value is -5.36. The molecule has 0 aromatic heterocycles. The number of nitrogens with zero attached hydrogens (tertiary/aromatic N) is 6. The number of hydrogen-bond donors (Lipinski definition) is 0. The van der Waals surface area contributed by atoms with Gasteiger partial charge in [0.25, 0.3) is 22.9 Å². The summed E-state index contributed by atoms with van der Waals surface area (Å²) in [4.78, 5) is 59.0. The van der Waals surface area contributed by atoms with Crippen LogP contribution in [0, 0.1) is 60.7 Å². The van der Waals surface area contributed by atoms with Crippen molar-refractivity contribution in [2.45, 2.75) is 0 Å². The van der Waals surface area contributed by atoms with E-state index in [1.165, 1.54) is 0 Å². The molecule has 0 heterocycles. The maximum absolute atomic E-state index is 11.3. The molecule has 0 spiro atoms. The number of nitro groups is 6. The first-order valence-electron chi connectivity index (χ1n) is 7.25. The fourth-order valence-electron chi connectivity index (χ4n) is 2.23. The molecule has 0 amide bonds. The van der Waals surface area contributed by atoms with Gasteiger partial charge in [-0.3, -0.25) is 60.7 Å². The minimum absolute atomic E-state index is 0.228. The zero-order chi connectivity index (χ0) is 23.6. The lowest BCUT2D eigenvalue weighted by molar-refractivity contribution is -0.406. The first-order chi connectivity index (χ1) is 14.3. The van der Waals surface area contributed by atoms with E-state index in [2.05, 4.69) is 0 Å². The van der Waals surface area contributed by atoms with E-state index in [4.69, 9.17) is 4.74 Å². The molecule has 2 rings (SSSR count).